The van der Waals surface area contributed by atoms with E-state index in [4.69, 9.17) is 5.10 Å². The van der Waals surface area contributed by atoms with Crippen LogP contribution in [0.4, 0.5) is 5.82 Å². The molecule has 1 saturated heterocycles. The molecule has 5 rings (SSSR count). The summed E-state index contributed by atoms with van der Waals surface area (Å²) >= 11 is 0. The fourth-order valence-corrected chi connectivity index (χ4v) is 3.43. The third-order valence-corrected chi connectivity index (χ3v) is 5.16. The van der Waals surface area contributed by atoms with Crippen molar-refractivity contribution >= 4 is 11.5 Å². The van der Waals surface area contributed by atoms with Crippen LogP contribution in [0.5, 0.6) is 0 Å². The number of rotatable bonds is 6. The number of fused-ring (bicyclic) bond motifs is 1. The SMILES string of the molecule is Cn1nccc1CNCC1CN(c2ccc3nnc(C4CC4)n3n2)C1. The van der Waals surface area contributed by atoms with Gasteiger partial charge in [-0.15, -0.1) is 15.3 Å². The van der Waals surface area contributed by atoms with Crippen LogP contribution in [0.2, 0.25) is 0 Å². The van der Waals surface area contributed by atoms with E-state index in [1.165, 1.54) is 18.5 Å². The maximum Gasteiger partial charge on any atom is 0.178 e. The zero-order valence-corrected chi connectivity index (χ0v) is 14.3. The van der Waals surface area contributed by atoms with Crippen LogP contribution >= 0.6 is 0 Å². The van der Waals surface area contributed by atoms with E-state index in [1.807, 2.05) is 28.5 Å². The van der Waals surface area contributed by atoms with Gasteiger partial charge in [0.1, 0.15) is 5.82 Å². The van der Waals surface area contributed by atoms with Crippen molar-refractivity contribution in [3.8, 4) is 0 Å². The molecule has 25 heavy (non-hydrogen) atoms. The summed E-state index contributed by atoms with van der Waals surface area (Å²) in [4.78, 5) is 2.33. The standard InChI is InChI=1S/C17H22N8/c1-23-14(6-7-19-23)9-18-8-12-10-24(11-12)16-5-4-15-20-21-17(13-2-3-13)25(15)22-16/h4-7,12-13,18H,2-3,8-11H2,1H3. The van der Waals surface area contributed by atoms with Crippen molar-refractivity contribution in [3.63, 3.8) is 0 Å². The van der Waals surface area contributed by atoms with Crippen molar-refractivity contribution < 1.29 is 0 Å². The van der Waals surface area contributed by atoms with E-state index >= 15 is 0 Å². The lowest BCUT2D eigenvalue weighted by molar-refractivity contribution is 0.379. The van der Waals surface area contributed by atoms with Gasteiger partial charge in [-0.2, -0.15) is 9.61 Å². The third-order valence-electron chi connectivity index (χ3n) is 5.16. The zero-order valence-electron chi connectivity index (χ0n) is 14.3. The molecule has 0 radical (unpaired) electrons. The van der Waals surface area contributed by atoms with Crippen molar-refractivity contribution in [3.05, 3.63) is 35.9 Å². The molecule has 130 valence electrons. The summed E-state index contributed by atoms with van der Waals surface area (Å²) in [6.45, 7) is 3.96. The highest BCUT2D eigenvalue weighted by Gasteiger charge is 2.31. The van der Waals surface area contributed by atoms with Crippen LogP contribution in [-0.4, -0.2) is 49.2 Å². The molecular formula is C17H22N8. The molecule has 4 heterocycles. The minimum Gasteiger partial charge on any atom is -0.354 e. The summed E-state index contributed by atoms with van der Waals surface area (Å²) in [6.07, 6.45) is 4.26. The van der Waals surface area contributed by atoms with E-state index in [2.05, 4.69) is 37.6 Å². The predicted molar refractivity (Wildman–Crippen MR) is 93.4 cm³/mol. The Morgan fingerprint density at radius 3 is 2.80 bits per heavy atom. The molecule has 0 atom stereocenters. The first kappa shape index (κ1) is 14.8. The van der Waals surface area contributed by atoms with Crippen molar-refractivity contribution in [2.75, 3.05) is 24.5 Å². The van der Waals surface area contributed by atoms with Crippen molar-refractivity contribution in [1.29, 1.82) is 0 Å². The van der Waals surface area contributed by atoms with E-state index in [0.717, 1.165) is 43.5 Å². The van der Waals surface area contributed by atoms with Gasteiger partial charge in [-0.05, 0) is 31.0 Å². The Bertz CT molecular complexity index is 887. The Hall–Kier alpha value is -2.48. The summed E-state index contributed by atoms with van der Waals surface area (Å²) in [5.41, 5.74) is 2.06. The van der Waals surface area contributed by atoms with Crippen LogP contribution in [0.1, 0.15) is 30.3 Å². The minimum absolute atomic E-state index is 0.554. The highest BCUT2D eigenvalue weighted by Crippen LogP contribution is 2.38. The highest BCUT2D eigenvalue weighted by molar-refractivity contribution is 5.47. The van der Waals surface area contributed by atoms with Crippen LogP contribution in [0, 0.1) is 5.92 Å². The van der Waals surface area contributed by atoms with Gasteiger partial charge < -0.3 is 10.2 Å². The molecule has 0 aromatic carbocycles. The molecule has 1 N–H and O–H groups in total. The quantitative estimate of drug-likeness (QED) is 0.721. The average molecular weight is 338 g/mol. The van der Waals surface area contributed by atoms with Gasteiger partial charge >= 0.3 is 0 Å². The van der Waals surface area contributed by atoms with Crippen LogP contribution in [0.25, 0.3) is 5.65 Å². The Morgan fingerprint density at radius 2 is 2.04 bits per heavy atom. The number of anilines is 1. The fraction of sp³-hybridized carbons (Fsp3) is 0.529. The molecule has 3 aromatic heterocycles. The molecule has 1 aliphatic carbocycles. The molecule has 2 fully saturated rings. The first-order chi connectivity index (χ1) is 12.3. The molecule has 8 nitrogen and oxygen atoms in total. The number of hydrogen-bond acceptors (Lipinski definition) is 6. The normalized spacial score (nSPS) is 18.0. The van der Waals surface area contributed by atoms with Gasteiger partial charge in [-0.3, -0.25) is 4.68 Å². The van der Waals surface area contributed by atoms with E-state index in [9.17, 15) is 0 Å². The first-order valence-electron chi connectivity index (χ1n) is 8.93. The monoisotopic (exact) mass is 338 g/mol. The highest BCUT2D eigenvalue weighted by atomic mass is 15.4. The van der Waals surface area contributed by atoms with E-state index in [-0.39, 0.29) is 0 Å². The summed E-state index contributed by atoms with van der Waals surface area (Å²) in [5.74, 6) is 3.26. The number of nitrogens with zero attached hydrogens (tertiary/aromatic N) is 7. The van der Waals surface area contributed by atoms with E-state index in [0.29, 0.717) is 11.8 Å². The molecule has 3 aromatic rings. The van der Waals surface area contributed by atoms with Crippen molar-refractivity contribution in [2.45, 2.75) is 25.3 Å². The number of aromatic nitrogens is 6. The second-order valence-electron chi connectivity index (χ2n) is 7.14. The number of hydrogen-bond donors (Lipinski definition) is 1. The number of nitrogens with one attached hydrogen (secondary N) is 1. The van der Waals surface area contributed by atoms with Gasteiger partial charge in [0.2, 0.25) is 0 Å². The molecule has 1 saturated carbocycles. The van der Waals surface area contributed by atoms with Crippen molar-refractivity contribution in [2.24, 2.45) is 13.0 Å². The molecule has 2 aliphatic rings. The third kappa shape index (κ3) is 2.76. The second-order valence-corrected chi connectivity index (χ2v) is 7.14. The number of aryl methyl sites for hydroxylation is 1. The topological polar surface area (TPSA) is 76.2 Å². The van der Waals surface area contributed by atoms with Crippen molar-refractivity contribution in [1.82, 2.24) is 34.9 Å². The van der Waals surface area contributed by atoms with Gasteiger partial charge in [0.05, 0.1) is 5.69 Å². The molecule has 8 heteroatoms. The summed E-state index contributed by atoms with van der Waals surface area (Å²) in [6, 6.07) is 6.13. The second kappa shape index (κ2) is 5.80. The Labute approximate surface area is 145 Å². The Morgan fingerprint density at radius 1 is 1.16 bits per heavy atom. The summed E-state index contributed by atoms with van der Waals surface area (Å²) in [7, 11) is 1.98. The summed E-state index contributed by atoms with van der Waals surface area (Å²) in [5, 5.41) is 21.0. The van der Waals surface area contributed by atoms with Crippen LogP contribution in [0.15, 0.2) is 24.4 Å². The lowest BCUT2D eigenvalue weighted by atomic mass is 10.0. The predicted octanol–water partition coefficient (Wildman–Crippen LogP) is 0.961. The molecule has 0 amide bonds. The van der Waals surface area contributed by atoms with Crippen LogP contribution in [-0.2, 0) is 13.6 Å². The van der Waals surface area contributed by atoms with E-state index in [1.54, 1.807) is 0 Å². The van der Waals surface area contributed by atoms with Gasteiger partial charge in [0.15, 0.2) is 11.5 Å². The maximum absolute atomic E-state index is 4.77. The molecule has 1 aliphatic heterocycles. The van der Waals surface area contributed by atoms with Gasteiger partial charge in [0, 0.05) is 51.3 Å². The Balaban J connectivity index is 1.18. The smallest absolute Gasteiger partial charge is 0.178 e. The average Bonchev–Trinajstić information content (AvgIpc) is 3.21. The Kier molecular flexibility index (Phi) is 3.44. The van der Waals surface area contributed by atoms with Gasteiger partial charge in [0.25, 0.3) is 0 Å². The van der Waals surface area contributed by atoms with Crippen LogP contribution < -0.4 is 10.2 Å². The minimum atomic E-state index is 0.554. The maximum atomic E-state index is 4.77. The van der Waals surface area contributed by atoms with E-state index < -0.39 is 0 Å². The summed E-state index contributed by atoms with van der Waals surface area (Å²) < 4.78 is 3.84. The largest absolute Gasteiger partial charge is 0.354 e. The lowest BCUT2D eigenvalue weighted by Crippen LogP contribution is -2.51. The van der Waals surface area contributed by atoms with Crippen LogP contribution in [0.3, 0.4) is 0 Å². The molecule has 0 unspecified atom stereocenters. The zero-order chi connectivity index (χ0) is 16.8. The molecular weight excluding hydrogens is 316 g/mol. The van der Waals surface area contributed by atoms with Gasteiger partial charge in [-0.1, -0.05) is 0 Å². The first-order valence-corrected chi connectivity index (χ1v) is 8.93. The molecule has 0 spiro atoms. The lowest BCUT2D eigenvalue weighted by Gasteiger charge is -2.40. The molecule has 0 bridgehead atoms. The van der Waals surface area contributed by atoms with Gasteiger partial charge in [-0.25, -0.2) is 0 Å². The fourth-order valence-electron chi connectivity index (χ4n) is 3.43.